The number of halogens is 2. The number of thiophene rings is 1. The predicted molar refractivity (Wildman–Crippen MR) is 144 cm³/mol. The van der Waals surface area contributed by atoms with Gasteiger partial charge in [-0.05, 0) is 65.4 Å². The first-order valence-electron chi connectivity index (χ1n) is 11.1. The van der Waals surface area contributed by atoms with Gasteiger partial charge in [0.15, 0.2) is 0 Å². The molecule has 0 saturated heterocycles. The smallest absolute Gasteiger partial charge is 0.0548 e. The summed E-state index contributed by atoms with van der Waals surface area (Å²) in [6.45, 7) is 0. The van der Waals surface area contributed by atoms with Gasteiger partial charge < -0.3 is 4.57 Å². The molecular formula is C28H17Br2NS. The number of nitrogens with zero attached hydrogens (tertiary/aromatic N) is 1. The third kappa shape index (κ3) is 2.19. The Morgan fingerprint density at radius 1 is 0.906 bits per heavy atom. The molecule has 0 saturated carbocycles. The number of allylic oxidation sites excluding steroid dienone is 3. The minimum atomic E-state index is 0.416. The van der Waals surface area contributed by atoms with Crippen LogP contribution in [0.5, 0.6) is 0 Å². The molecule has 2 atom stereocenters. The molecule has 154 valence electrons. The summed E-state index contributed by atoms with van der Waals surface area (Å²) in [4.78, 5) is 0. The fraction of sp³-hybridized carbons (Fsp3) is 0.143. The molecule has 3 aromatic carbocycles. The van der Waals surface area contributed by atoms with Crippen molar-refractivity contribution in [3.63, 3.8) is 0 Å². The van der Waals surface area contributed by atoms with Gasteiger partial charge in [-0.1, -0.05) is 56.1 Å². The summed E-state index contributed by atoms with van der Waals surface area (Å²) >= 11 is 9.61. The molecule has 2 aromatic heterocycles. The zero-order chi connectivity index (χ0) is 21.1. The van der Waals surface area contributed by atoms with Crippen LogP contribution in [0, 0.1) is 5.92 Å². The second kappa shape index (κ2) is 6.25. The number of aromatic nitrogens is 1. The van der Waals surface area contributed by atoms with Crippen molar-refractivity contribution >= 4 is 85.9 Å². The molecule has 0 spiro atoms. The highest BCUT2D eigenvalue weighted by Gasteiger charge is 2.43. The van der Waals surface area contributed by atoms with Crippen LogP contribution in [0.4, 0.5) is 0 Å². The molecule has 8 rings (SSSR count). The summed E-state index contributed by atoms with van der Waals surface area (Å²) in [5.74, 6) is 0.941. The topological polar surface area (TPSA) is 4.93 Å². The van der Waals surface area contributed by atoms with E-state index in [4.69, 9.17) is 0 Å². The highest BCUT2D eigenvalue weighted by Crippen LogP contribution is 2.58. The first kappa shape index (κ1) is 18.3. The average Bonchev–Trinajstić information content (AvgIpc) is 3.33. The summed E-state index contributed by atoms with van der Waals surface area (Å²) in [7, 11) is 0. The second-order valence-electron chi connectivity index (χ2n) is 9.11. The van der Waals surface area contributed by atoms with Crippen LogP contribution in [0.3, 0.4) is 0 Å². The van der Waals surface area contributed by atoms with Crippen LogP contribution in [0.1, 0.15) is 35.6 Å². The molecule has 1 aliphatic heterocycles. The highest BCUT2D eigenvalue weighted by atomic mass is 79.9. The van der Waals surface area contributed by atoms with Gasteiger partial charge in [0, 0.05) is 58.7 Å². The lowest BCUT2D eigenvalue weighted by molar-refractivity contribution is 0.506. The van der Waals surface area contributed by atoms with E-state index in [0.717, 1.165) is 10.9 Å². The Hall–Kier alpha value is -2.14. The standard InChI is InChI=1S/C28H17Br2NS/c29-14-8-9-23-18(10-14)21-12-22(30)17-6-3-5-16-19-11-20-15-4-1-2-7-25(15)32-26(20)13-24(19)31(23)28(21)27(16)17/h1-2,4-5,7-13,17,27H,3,6H2. The normalized spacial score (nSPS) is 20.9. The lowest BCUT2D eigenvalue weighted by Crippen LogP contribution is -2.27. The lowest BCUT2D eigenvalue weighted by Gasteiger charge is -2.41. The second-order valence-corrected chi connectivity index (χ2v) is 12.0. The number of hydrogen-bond donors (Lipinski definition) is 0. The molecule has 3 heterocycles. The van der Waals surface area contributed by atoms with E-state index in [-0.39, 0.29) is 0 Å². The summed E-state index contributed by atoms with van der Waals surface area (Å²) in [5.41, 5.74) is 8.44. The minimum Gasteiger partial charge on any atom is -0.312 e. The average molecular weight is 559 g/mol. The van der Waals surface area contributed by atoms with E-state index in [1.54, 1.807) is 0 Å². The number of fused-ring (bicyclic) bond motifs is 9. The van der Waals surface area contributed by atoms with E-state index in [9.17, 15) is 0 Å². The SMILES string of the molecule is BrC1=Cc2c3n(c4ccc(Br)cc24)-c2cc4sc5ccccc5c4cc2C2=CCCC1C23. The van der Waals surface area contributed by atoms with Crippen molar-refractivity contribution in [3.8, 4) is 5.69 Å². The molecule has 0 N–H and O–H groups in total. The monoisotopic (exact) mass is 557 g/mol. The Morgan fingerprint density at radius 3 is 2.75 bits per heavy atom. The van der Waals surface area contributed by atoms with Gasteiger partial charge in [0.25, 0.3) is 0 Å². The zero-order valence-electron chi connectivity index (χ0n) is 17.0. The molecule has 2 aliphatic carbocycles. The molecule has 2 unspecified atom stereocenters. The number of rotatable bonds is 0. The van der Waals surface area contributed by atoms with Crippen LogP contribution in [0.2, 0.25) is 0 Å². The van der Waals surface area contributed by atoms with Crippen molar-refractivity contribution in [1.82, 2.24) is 4.57 Å². The maximum atomic E-state index is 3.99. The van der Waals surface area contributed by atoms with Crippen molar-refractivity contribution in [2.45, 2.75) is 18.8 Å². The van der Waals surface area contributed by atoms with Gasteiger partial charge in [0.2, 0.25) is 0 Å². The van der Waals surface area contributed by atoms with Crippen LogP contribution in [-0.2, 0) is 0 Å². The number of hydrogen-bond acceptors (Lipinski definition) is 1. The van der Waals surface area contributed by atoms with Crippen LogP contribution in [-0.4, -0.2) is 4.57 Å². The van der Waals surface area contributed by atoms with Crippen LogP contribution >= 0.6 is 43.2 Å². The largest absolute Gasteiger partial charge is 0.312 e. The van der Waals surface area contributed by atoms with E-state index in [1.807, 2.05) is 11.3 Å². The minimum absolute atomic E-state index is 0.416. The van der Waals surface area contributed by atoms with Crippen molar-refractivity contribution in [1.29, 1.82) is 0 Å². The predicted octanol–water partition coefficient (Wildman–Crippen LogP) is 9.40. The van der Waals surface area contributed by atoms with E-state index in [0.29, 0.717) is 11.8 Å². The Labute approximate surface area is 206 Å². The molecule has 0 bridgehead atoms. The van der Waals surface area contributed by atoms with E-state index in [2.05, 4.69) is 103 Å². The molecular weight excluding hydrogens is 542 g/mol. The Kier molecular flexibility index (Phi) is 3.58. The quantitative estimate of drug-likeness (QED) is 0.178. The van der Waals surface area contributed by atoms with Gasteiger partial charge in [-0.25, -0.2) is 0 Å². The molecule has 1 nitrogen and oxygen atoms in total. The van der Waals surface area contributed by atoms with Crippen molar-refractivity contribution in [3.05, 3.63) is 86.4 Å². The summed E-state index contributed by atoms with van der Waals surface area (Å²) < 4.78 is 7.80. The first-order chi connectivity index (χ1) is 15.7. The van der Waals surface area contributed by atoms with Gasteiger partial charge >= 0.3 is 0 Å². The maximum absolute atomic E-state index is 3.99. The number of benzene rings is 3. The molecule has 3 aliphatic rings. The van der Waals surface area contributed by atoms with Gasteiger partial charge in [-0.2, -0.15) is 0 Å². The molecule has 4 heteroatoms. The van der Waals surface area contributed by atoms with Gasteiger partial charge in [-0.15, -0.1) is 11.3 Å². The molecule has 32 heavy (non-hydrogen) atoms. The third-order valence-corrected chi connectivity index (χ3v) is 10.0. The fourth-order valence-electron chi connectivity index (χ4n) is 6.29. The third-order valence-electron chi connectivity index (χ3n) is 7.56. The molecule has 5 aromatic rings. The van der Waals surface area contributed by atoms with Crippen molar-refractivity contribution in [2.24, 2.45) is 5.92 Å². The van der Waals surface area contributed by atoms with Crippen LogP contribution in [0.25, 0.3) is 48.4 Å². The summed E-state index contributed by atoms with van der Waals surface area (Å²) in [6.07, 6.45) is 7.26. The fourth-order valence-corrected chi connectivity index (χ4v) is 8.49. The van der Waals surface area contributed by atoms with Crippen LogP contribution < -0.4 is 0 Å². The molecule has 0 fully saturated rings. The van der Waals surface area contributed by atoms with E-state index >= 15 is 0 Å². The zero-order valence-corrected chi connectivity index (χ0v) is 21.0. The molecule has 0 amide bonds. The van der Waals surface area contributed by atoms with E-state index in [1.165, 1.54) is 70.1 Å². The van der Waals surface area contributed by atoms with E-state index < -0.39 is 0 Å². The Bertz CT molecular complexity index is 1710. The Morgan fingerprint density at radius 2 is 1.81 bits per heavy atom. The lowest BCUT2D eigenvalue weighted by atomic mass is 9.69. The highest BCUT2D eigenvalue weighted by molar-refractivity contribution is 9.11. The Balaban J connectivity index is 1.58. The molecule has 0 radical (unpaired) electrons. The van der Waals surface area contributed by atoms with Gasteiger partial charge in [0.05, 0.1) is 11.2 Å². The van der Waals surface area contributed by atoms with Crippen molar-refractivity contribution < 1.29 is 0 Å². The van der Waals surface area contributed by atoms with Crippen molar-refractivity contribution in [2.75, 3.05) is 0 Å². The van der Waals surface area contributed by atoms with Gasteiger partial charge in [0.1, 0.15) is 0 Å². The maximum Gasteiger partial charge on any atom is 0.0548 e. The summed E-state index contributed by atoms with van der Waals surface area (Å²) in [6, 6.07) is 20.5. The van der Waals surface area contributed by atoms with Gasteiger partial charge in [-0.3, -0.25) is 0 Å². The first-order valence-corrected chi connectivity index (χ1v) is 13.5. The van der Waals surface area contributed by atoms with Crippen LogP contribution in [0.15, 0.2) is 69.6 Å². The summed E-state index contributed by atoms with van der Waals surface area (Å²) in [5, 5.41) is 4.10.